The summed E-state index contributed by atoms with van der Waals surface area (Å²) in [5.74, 6) is -0.562. The largest absolute Gasteiger partial charge is 0.344 e. The van der Waals surface area contributed by atoms with Crippen LogP contribution < -0.4 is 5.32 Å². The van der Waals surface area contributed by atoms with Crippen molar-refractivity contribution in [2.24, 2.45) is 0 Å². The van der Waals surface area contributed by atoms with Crippen molar-refractivity contribution in [2.45, 2.75) is 19.9 Å². The van der Waals surface area contributed by atoms with E-state index in [2.05, 4.69) is 15.5 Å². The van der Waals surface area contributed by atoms with E-state index in [4.69, 9.17) is 0 Å². The van der Waals surface area contributed by atoms with Crippen LogP contribution in [0, 0.1) is 12.7 Å². The monoisotopic (exact) mass is 329 g/mol. The van der Waals surface area contributed by atoms with Gasteiger partial charge in [-0.25, -0.2) is 4.39 Å². The van der Waals surface area contributed by atoms with E-state index in [0.717, 1.165) is 16.1 Å². The lowest BCUT2D eigenvalue weighted by Crippen LogP contribution is -2.26. The number of amides is 1. The Labute approximate surface area is 137 Å². The van der Waals surface area contributed by atoms with Crippen LogP contribution in [0.5, 0.6) is 0 Å². The number of rotatable bonds is 4. The Bertz CT molecular complexity index is 822. The van der Waals surface area contributed by atoms with Crippen LogP contribution >= 0.6 is 11.3 Å². The highest BCUT2D eigenvalue weighted by atomic mass is 32.1. The van der Waals surface area contributed by atoms with Crippen molar-refractivity contribution in [1.82, 2.24) is 15.5 Å². The number of halogens is 1. The first-order valence-electron chi connectivity index (χ1n) is 7.21. The number of aryl methyl sites for hydroxylation is 1. The van der Waals surface area contributed by atoms with Crippen molar-refractivity contribution in [3.63, 3.8) is 0 Å². The van der Waals surface area contributed by atoms with Gasteiger partial charge in [-0.3, -0.25) is 9.89 Å². The quantitative estimate of drug-likeness (QED) is 0.758. The van der Waals surface area contributed by atoms with E-state index in [1.807, 2.05) is 26.0 Å². The standard InChI is InChI=1S/C17H16FN3OS/c1-10-3-8-16(23-10)14-9-15(21-20-14)17(22)19-11(2)12-4-6-13(18)7-5-12/h3-9,11H,1-2H3,(H,19,22)(H,20,21). The summed E-state index contributed by atoms with van der Waals surface area (Å²) in [6.07, 6.45) is 0. The van der Waals surface area contributed by atoms with Crippen molar-refractivity contribution in [3.05, 3.63) is 64.4 Å². The van der Waals surface area contributed by atoms with Crippen molar-refractivity contribution in [3.8, 4) is 10.6 Å². The molecule has 0 radical (unpaired) electrons. The molecule has 0 aliphatic rings. The second-order valence-electron chi connectivity index (χ2n) is 5.32. The summed E-state index contributed by atoms with van der Waals surface area (Å²) >= 11 is 1.64. The van der Waals surface area contributed by atoms with Crippen LogP contribution in [0.15, 0.2) is 42.5 Å². The van der Waals surface area contributed by atoms with Gasteiger partial charge in [0.1, 0.15) is 5.82 Å². The summed E-state index contributed by atoms with van der Waals surface area (Å²) in [6.45, 7) is 3.88. The molecule has 3 aromatic rings. The summed E-state index contributed by atoms with van der Waals surface area (Å²) in [4.78, 5) is 14.5. The normalized spacial score (nSPS) is 12.1. The number of nitrogens with one attached hydrogen (secondary N) is 2. The maximum Gasteiger partial charge on any atom is 0.272 e. The molecule has 2 aromatic heterocycles. The van der Waals surface area contributed by atoms with Gasteiger partial charge in [0.15, 0.2) is 5.69 Å². The lowest BCUT2D eigenvalue weighted by molar-refractivity contribution is 0.0935. The molecular formula is C17H16FN3OS. The van der Waals surface area contributed by atoms with Crippen LogP contribution in [0.2, 0.25) is 0 Å². The molecule has 1 amide bonds. The van der Waals surface area contributed by atoms with E-state index in [9.17, 15) is 9.18 Å². The van der Waals surface area contributed by atoms with Crippen molar-refractivity contribution in [1.29, 1.82) is 0 Å². The minimum Gasteiger partial charge on any atom is -0.344 e. The van der Waals surface area contributed by atoms with Crippen LogP contribution in [0.4, 0.5) is 4.39 Å². The molecule has 4 nitrogen and oxygen atoms in total. The minimum atomic E-state index is -0.296. The zero-order valence-corrected chi connectivity index (χ0v) is 13.6. The third-order valence-corrected chi connectivity index (χ3v) is 4.57. The zero-order chi connectivity index (χ0) is 16.4. The van der Waals surface area contributed by atoms with Crippen LogP contribution in [0.25, 0.3) is 10.6 Å². The molecule has 1 unspecified atom stereocenters. The third kappa shape index (κ3) is 3.48. The summed E-state index contributed by atoms with van der Waals surface area (Å²) in [5, 5.41) is 9.82. The maximum atomic E-state index is 12.9. The molecule has 2 N–H and O–H groups in total. The number of thiophene rings is 1. The molecule has 6 heteroatoms. The summed E-state index contributed by atoms with van der Waals surface area (Å²) < 4.78 is 12.9. The van der Waals surface area contributed by atoms with Gasteiger partial charge in [0.2, 0.25) is 0 Å². The number of nitrogens with zero attached hydrogens (tertiary/aromatic N) is 1. The molecule has 0 bridgehead atoms. The van der Waals surface area contributed by atoms with Gasteiger partial charge in [-0.15, -0.1) is 11.3 Å². The van der Waals surface area contributed by atoms with Gasteiger partial charge in [-0.05, 0) is 49.7 Å². The first kappa shape index (κ1) is 15.4. The lowest BCUT2D eigenvalue weighted by Gasteiger charge is -2.13. The van der Waals surface area contributed by atoms with Gasteiger partial charge in [0.05, 0.1) is 16.6 Å². The molecule has 2 heterocycles. The number of aromatic amines is 1. The van der Waals surface area contributed by atoms with E-state index >= 15 is 0 Å². The molecule has 0 saturated carbocycles. The number of hydrogen-bond donors (Lipinski definition) is 2. The topological polar surface area (TPSA) is 57.8 Å². The molecule has 1 atom stereocenters. The molecule has 0 fully saturated rings. The van der Waals surface area contributed by atoms with Crippen LogP contribution in [-0.2, 0) is 0 Å². The molecule has 3 rings (SSSR count). The predicted molar refractivity (Wildman–Crippen MR) is 88.9 cm³/mol. The second-order valence-corrected chi connectivity index (χ2v) is 6.61. The molecule has 23 heavy (non-hydrogen) atoms. The highest BCUT2D eigenvalue weighted by molar-refractivity contribution is 7.15. The fourth-order valence-corrected chi connectivity index (χ4v) is 3.08. The first-order valence-corrected chi connectivity index (χ1v) is 8.03. The average molecular weight is 329 g/mol. The summed E-state index contributed by atoms with van der Waals surface area (Å²) in [6, 6.07) is 11.6. The highest BCUT2D eigenvalue weighted by Gasteiger charge is 2.15. The Morgan fingerprint density at radius 1 is 1.26 bits per heavy atom. The Morgan fingerprint density at radius 2 is 2.00 bits per heavy atom. The molecule has 1 aromatic carbocycles. The van der Waals surface area contributed by atoms with E-state index in [1.165, 1.54) is 17.0 Å². The van der Waals surface area contributed by atoms with Crippen LogP contribution in [0.3, 0.4) is 0 Å². The van der Waals surface area contributed by atoms with Gasteiger partial charge in [0.25, 0.3) is 5.91 Å². The van der Waals surface area contributed by atoms with E-state index < -0.39 is 0 Å². The number of aromatic nitrogens is 2. The Hall–Kier alpha value is -2.47. The maximum absolute atomic E-state index is 12.9. The van der Waals surface area contributed by atoms with E-state index in [-0.39, 0.29) is 17.8 Å². The minimum absolute atomic E-state index is 0.229. The zero-order valence-electron chi connectivity index (χ0n) is 12.8. The van der Waals surface area contributed by atoms with Gasteiger partial charge in [-0.1, -0.05) is 12.1 Å². The molecule has 0 aliphatic carbocycles. The molecule has 0 aliphatic heterocycles. The number of H-pyrrole nitrogens is 1. The van der Waals surface area contributed by atoms with Crippen molar-refractivity contribution >= 4 is 17.2 Å². The second kappa shape index (κ2) is 6.34. The Balaban J connectivity index is 1.71. The Morgan fingerprint density at radius 3 is 2.65 bits per heavy atom. The van der Waals surface area contributed by atoms with E-state index in [0.29, 0.717) is 5.69 Å². The highest BCUT2D eigenvalue weighted by Crippen LogP contribution is 2.26. The fraction of sp³-hybridized carbons (Fsp3) is 0.176. The van der Waals surface area contributed by atoms with Gasteiger partial charge >= 0.3 is 0 Å². The molecular weight excluding hydrogens is 313 g/mol. The summed E-state index contributed by atoms with van der Waals surface area (Å²) in [5.41, 5.74) is 1.99. The van der Waals surface area contributed by atoms with Gasteiger partial charge in [-0.2, -0.15) is 5.10 Å². The average Bonchev–Trinajstić information content (AvgIpc) is 3.16. The van der Waals surface area contributed by atoms with Crippen LogP contribution in [-0.4, -0.2) is 16.1 Å². The number of carbonyl (C=O) groups is 1. The summed E-state index contributed by atoms with van der Waals surface area (Å²) in [7, 11) is 0. The first-order chi connectivity index (χ1) is 11.0. The lowest BCUT2D eigenvalue weighted by atomic mass is 10.1. The smallest absolute Gasteiger partial charge is 0.272 e. The van der Waals surface area contributed by atoms with Gasteiger partial charge < -0.3 is 5.32 Å². The fourth-order valence-electron chi connectivity index (χ4n) is 2.25. The van der Waals surface area contributed by atoms with E-state index in [1.54, 1.807) is 29.5 Å². The Kier molecular flexibility index (Phi) is 4.25. The molecule has 118 valence electrons. The third-order valence-electron chi connectivity index (χ3n) is 3.53. The van der Waals surface area contributed by atoms with Crippen molar-refractivity contribution < 1.29 is 9.18 Å². The SMILES string of the molecule is Cc1ccc(-c2cc(C(=O)NC(C)c3ccc(F)cc3)n[nH]2)s1. The predicted octanol–water partition coefficient (Wildman–Crippen LogP) is 4.08. The molecule has 0 saturated heterocycles. The van der Waals surface area contributed by atoms with Crippen molar-refractivity contribution in [2.75, 3.05) is 0 Å². The number of benzene rings is 1. The molecule has 0 spiro atoms. The number of carbonyl (C=O) groups excluding carboxylic acids is 1. The van der Waals surface area contributed by atoms with Crippen LogP contribution in [0.1, 0.15) is 33.9 Å². The van der Waals surface area contributed by atoms with Gasteiger partial charge in [0, 0.05) is 4.88 Å². The number of hydrogen-bond acceptors (Lipinski definition) is 3.